The Morgan fingerprint density at radius 1 is 1.14 bits per heavy atom. The van der Waals surface area contributed by atoms with Crippen LogP contribution in [0.5, 0.6) is 5.75 Å². The van der Waals surface area contributed by atoms with Crippen molar-refractivity contribution in [1.29, 1.82) is 0 Å². The van der Waals surface area contributed by atoms with E-state index in [2.05, 4.69) is 0 Å². The number of ketones is 1. The summed E-state index contributed by atoms with van der Waals surface area (Å²) in [5.41, 5.74) is 0.856. The molecule has 9 nitrogen and oxygen atoms in total. The lowest BCUT2D eigenvalue weighted by Gasteiger charge is -2.39. The van der Waals surface area contributed by atoms with Gasteiger partial charge in [0.2, 0.25) is 5.91 Å². The second-order valence-corrected chi connectivity index (χ2v) is 6.98. The molecule has 3 amide bonds. The lowest BCUT2D eigenvalue weighted by molar-refractivity contribution is -0.136. The molecule has 0 aromatic heterocycles. The molecular weight excluding hydrogens is 378 g/mol. The van der Waals surface area contributed by atoms with Crippen LogP contribution < -0.4 is 9.64 Å². The fourth-order valence-corrected chi connectivity index (χ4v) is 3.51. The van der Waals surface area contributed by atoms with Gasteiger partial charge in [-0.25, -0.2) is 4.79 Å². The summed E-state index contributed by atoms with van der Waals surface area (Å²) in [6.45, 7) is 6.45. The van der Waals surface area contributed by atoms with Gasteiger partial charge in [0.25, 0.3) is 5.91 Å². The van der Waals surface area contributed by atoms with Crippen LogP contribution in [-0.2, 0) is 14.3 Å². The Labute approximate surface area is 169 Å². The Balaban J connectivity index is 1.75. The van der Waals surface area contributed by atoms with Crippen molar-refractivity contribution in [2.24, 2.45) is 0 Å². The number of amides is 3. The van der Waals surface area contributed by atoms with E-state index in [0.29, 0.717) is 49.8 Å². The average Bonchev–Trinajstić information content (AvgIpc) is 2.72. The smallest absolute Gasteiger partial charge is 0.409 e. The number of ether oxygens (including phenoxy) is 2. The number of nitrogens with zero attached hydrogens (tertiary/aromatic N) is 3. The number of benzene rings is 1. The molecule has 0 aliphatic carbocycles. The Morgan fingerprint density at radius 2 is 1.79 bits per heavy atom. The number of rotatable bonds is 4. The normalized spacial score (nSPS) is 17.3. The third-order valence-electron chi connectivity index (χ3n) is 5.11. The summed E-state index contributed by atoms with van der Waals surface area (Å²) < 4.78 is 10.4. The first-order valence-corrected chi connectivity index (χ1v) is 9.63. The number of carbonyl (C=O) groups excluding carboxylic acids is 4. The Kier molecular flexibility index (Phi) is 6.05. The van der Waals surface area contributed by atoms with Crippen LogP contribution in [0.15, 0.2) is 18.2 Å². The zero-order chi connectivity index (χ0) is 21.1. The van der Waals surface area contributed by atoms with Crippen LogP contribution in [0.2, 0.25) is 0 Å². The van der Waals surface area contributed by atoms with Crippen molar-refractivity contribution in [3.63, 3.8) is 0 Å². The second-order valence-electron chi connectivity index (χ2n) is 6.98. The molecule has 29 heavy (non-hydrogen) atoms. The lowest BCUT2D eigenvalue weighted by Crippen LogP contribution is -2.57. The van der Waals surface area contributed by atoms with Crippen molar-refractivity contribution >= 4 is 29.4 Å². The van der Waals surface area contributed by atoms with E-state index in [4.69, 9.17) is 9.47 Å². The lowest BCUT2D eigenvalue weighted by atomic mass is 10.1. The Morgan fingerprint density at radius 3 is 2.41 bits per heavy atom. The van der Waals surface area contributed by atoms with E-state index < -0.39 is 6.04 Å². The van der Waals surface area contributed by atoms with Gasteiger partial charge in [0, 0.05) is 31.7 Å². The topological polar surface area (TPSA) is 96.5 Å². The van der Waals surface area contributed by atoms with Crippen molar-refractivity contribution < 1.29 is 28.7 Å². The summed E-state index contributed by atoms with van der Waals surface area (Å²) in [4.78, 5) is 53.8. The fourth-order valence-electron chi connectivity index (χ4n) is 3.51. The first-order valence-electron chi connectivity index (χ1n) is 9.63. The molecule has 2 aliphatic heterocycles. The van der Waals surface area contributed by atoms with Gasteiger partial charge >= 0.3 is 6.09 Å². The molecule has 1 atom stereocenters. The van der Waals surface area contributed by atoms with Gasteiger partial charge in [-0.2, -0.15) is 0 Å². The summed E-state index contributed by atoms with van der Waals surface area (Å²) in [5, 5.41) is 0. The third-order valence-corrected chi connectivity index (χ3v) is 5.11. The van der Waals surface area contributed by atoms with Gasteiger partial charge in [-0.3, -0.25) is 19.3 Å². The van der Waals surface area contributed by atoms with Crippen molar-refractivity contribution in [3.8, 4) is 5.75 Å². The molecule has 0 spiro atoms. The van der Waals surface area contributed by atoms with Crippen LogP contribution >= 0.6 is 0 Å². The molecule has 156 valence electrons. The quantitative estimate of drug-likeness (QED) is 0.703. The molecule has 3 rings (SSSR count). The van der Waals surface area contributed by atoms with E-state index in [9.17, 15) is 19.2 Å². The van der Waals surface area contributed by atoms with Crippen LogP contribution in [0.25, 0.3) is 0 Å². The number of hydrogen-bond acceptors (Lipinski definition) is 6. The largest absolute Gasteiger partial charge is 0.482 e. The number of piperazine rings is 1. The van der Waals surface area contributed by atoms with Gasteiger partial charge in [0.15, 0.2) is 12.4 Å². The predicted octanol–water partition coefficient (Wildman–Crippen LogP) is 1.30. The molecule has 0 saturated carbocycles. The molecule has 0 radical (unpaired) electrons. The minimum Gasteiger partial charge on any atom is -0.482 e. The number of Topliss-reactive ketones (excluding diaryl/α,β-unsaturated/α-hetero) is 1. The molecule has 0 N–H and O–H groups in total. The highest BCUT2D eigenvalue weighted by Gasteiger charge is 2.36. The van der Waals surface area contributed by atoms with Gasteiger partial charge in [-0.15, -0.1) is 0 Å². The highest BCUT2D eigenvalue weighted by molar-refractivity contribution is 6.05. The highest BCUT2D eigenvalue weighted by atomic mass is 16.6. The summed E-state index contributed by atoms with van der Waals surface area (Å²) in [5.74, 6) is -0.242. The van der Waals surface area contributed by atoms with E-state index in [1.165, 1.54) is 11.8 Å². The molecule has 1 aromatic rings. The number of anilines is 1. The van der Waals surface area contributed by atoms with E-state index in [0.717, 1.165) is 0 Å². The summed E-state index contributed by atoms with van der Waals surface area (Å²) in [7, 11) is 0. The van der Waals surface area contributed by atoms with Gasteiger partial charge in [0.1, 0.15) is 11.8 Å². The minimum absolute atomic E-state index is 0.139. The van der Waals surface area contributed by atoms with E-state index in [1.54, 1.807) is 41.8 Å². The summed E-state index contributed by atoms with van der Waals surface area (Å²) in [6.07, 6.45) is -0.387. The maximum absolute atomic E-state index is 13.1. The van der Waals surface area contributed by atoms with E-state index in [-0.39, 0.29) is 30.3 Å². The molecule has 0 bridgehead atoms. The van der Waals surface area contributed by atoms with Crippen LogP contribution in [0, 0.1) is 0 Å². The van der Waals surface area contributed by atoms with Crippen LogP contribution in [0.4, 0.5) is 10.5 Å². The van der Waals surface area contributed by atoms with E-state index >= 15 is 0 Å². The van der Waals surface area contributed by atoms with Gasteiger partial charge < -0.3 is 19.3 Å². The zero-order valence-electron chi connectivity index (χ0n) is 16.8. The zero-order valence-corrected chi connectivity index (χ0v) is 16.8. The van der Waals surface area contributed by atoms with Crippen molar-refractivity contribution in [3.05, 3.63) is 23.8 Å². The number of fused-ring (bicyclic) bond motifs is 1. The van der Waals surface area contributed by atoms with Crippen molar-refractivity contribution in [2.75, 3.05) is 44.3 Å². The first-order chi connectivity index (χ1) is 13.8. The van der Waals surface area contributed by atoms with E-state index in [1.807, 2.05) is 0 Å². The molecule has 9 heteroatoms. The van der Waals surface area contributed by atoms with Gasteiger partial charge in [-0.1, -0.05) is 0 Å². The Hall–Kier alpha value is -3.10. The minimum atomic E-state index is -0.762. The maximum atomic E-state index is 13.1. The monoisotopic (exact) mass is 403 g/mol. The number of carbonyl (C=O) groups is 4. The fraction of sp³-hybridized carbons (Fsp3) is 0.500. The molecule has 1 aromatic carbocycles. The Bertz CT molecular complexity index is 832. The van der Waals surface area contributed by atoms with Gasteiger partial charge in [0.05, 0.1) is 12.3 Å². The molecular formula is C20H25N3O6. The molecule has 1 saturated heterocycles. The number of hydrogen-bond donors (Lipinski definition) is 0. The van der Waals surface area contributed by atoms with Crippen LogP contribution in [0.3, 0.4) is 0 Å². The average molecular weight is 403 g/mol. The molecule has 1 unspecified atom stereocenters. The predicted molar refractivity (Wildman–Crippen MR) is 104 cm³/mol. The van der Waals surface area contributed by atoms with Gasteiger partial charge in [-0.05, 0) is 39.0 Å². The SMILES string of the molecule is CCOC(=O)N1CCN(C(=O)C(C)N2C(=O)COc3ccc(C(C)=O)cc32)CC1. The first kappa shape index (κ1) is 20.6. The second kappa shape index (κ2) is 8.50. The molecule has 2 aliphatic rings. The maximum Gasteiger partial charge on any atom is 0.409 e. The summed E-state index contributed by atoms with van der Waals surface area (Å²) >= 11 is 0. The van der Waals surface area contributed by atoms with Crippen LogP contribution in [-0.4, -0.2) is 78.9 Å². The molecule has 2 heterocycles. The van der Waals surface area contributed by atoms with Crippen molar-refractivity contribution in [1.82, 2.24) is 9.80 Å². The third kappa shape index (κ3) is 4.18. The highest BCUT2D eigenvalue weighted by Crippen LogP contribution is 2.34. The van der Waals surface area contributed by atoms with Crippen molar-refractivity contribution in [2.45, 2.75) is 26.8 Å². The van der Waals surface area contributed by atoms with Crippen LogP contribution in [0.1, 0.15) is 31.1 Å². The standard InChI is InChI=1S/C20H25N3O6/c1-4-28-20(27)22-9-7-21(8-10-22)19(26)13(2)23-16-11-15(14(3)24)5-6-17(16)29-12-18(23)25/h5-6,11,13H,4,7-10,12H2,1-3H3. The summed E-state index contributed by atoms with van der Waals surface area (Å²) in [6, 6.07) is 4.09. The molecule has 1 fully saturated rings.